The van der Waals surface area contributed by atoms with Crippen LogP contribution in [0.4, 0.5) is 0 Å². The summed E-state index contributed by atoms with van der Waals surface area (Å²) in [5, 5.41) is 0.734. The van der Waals surface area contributed by atoms with Crippen LogP contribution in [0.15, 0.2) is 24.4 Å². The van der Waals surface area contributed by atoms with E-state index < -0.39 is 0 Å². The number of aromatic amines is 1. The largest absolute Gasteiger partial charge is 0.424 e. The lowest BCUT2D eigenvalue weighted by Gasteiger charge is -2.18. The van der Waals surface area contributed by atoms with Gasteiger partial charge in [-0.25, -0.2) is 0 Å². The molecular formula is C15H18N2O3. The molecule has 1 heterocycles. The van der Waals surface area contributed by atoms with Crippen LogP contribution in [0.3, 0.4) is 0 Å². The summed E-state index contributed by atoms with van der Waals surface area (Å²) in [6.07, 6.45) is 1.60. The standard InChI is InChI=1S/C15H18N2O3/c1-4-17(5-2)15(19)12-8-6-7-11-13(20-10(3)18)9-16-14(11)12/h6-9,16H,4-5H2,1-3H3. The minimum Gasteiger partial charge on any atom is -0.424 e. The van der Waals surface area contributed by atoms with E-state index in [0.717, 1.165) is 5.39 Å². The SMILES string of the molecule is CCN(CC)C(=O)c1cccc2c(OC(C)=O)c[nH]c12. The van der Waals surface area contributed by atoms with Crippen molar-refractivity contribution >= 4 is 22.8 Å². The van der Waals surface area contributed by atoms with E-state index in [0.29, 0.717) is 29.9 Å². The lowest BCUT2D eigenvalue weighted by Crippen LogP contribution is -2.30. The van der Waals surface area contributed by atoms with Gasteiger partial charge in [0.25, 0.3) is 5.91 Å². The Labute approximate surface area is 117 Å². The number of amides is 1. The summed E-state index contributed by atoms with van der Waals surface area (Å²) in [4.78, 5) is 28.3. The van der Waals surface area contributed by atoms with Crippen LogP contribution in [-0.4, -0.2) is 34.8 Å². The van der Waals surface area contributed by atoms with Gasteiger partial charge in [-0.1, -0.05) is 6.07 Å². The van der Waals surface area contributed by atoms with Crippen LogP contribution in [0.1, 0.15) is 31.1 Å². The molecule has 0 bridgehead atoms. The summed E-state index contributed by atoms with van der Waals surface area (Å²) < 4.78 is 5.12. The average Bonchev–Trinajstić information content (AvgIpc) is 2.82. The maximum Gasteiger partial charge on any atom is 0.308 e. The van der Waals surface area contributed by atoms with Gasteiger partial charge in [0, 0.05) is 31.6 Å². The molecule has 106 valence electrons. The molecular weight excluding hydrogens is 256 g/mol. The van der Waals surface area contributed by atoms with Gasteiger partial charge in [-0.2, -0.15) is 0 Å². The molecule has 2 rings (SSSR count). The van der Waals surface area contributed by atoms with E-state index in [9.17, 15) is 9.59 Å². The third-order valence-electron chi connectivity index (χ3n) is 3.21. The minimum absolute atomic E-state index is 0.0307. The van der Waals surface area contributed by atoms with Crippen molar-refractivity contribution in [2.45, 2.75) is 20.8 Å². The highest BCUT2D eigenvalue weighted by Gasteiger charge is 2.18. The number of aromatic nitrogens is 1. The number of nitrogens with zero attached hydrogens (tertiary/aromatic N) is 1. The molecule has 1 aromatic carbocycles. The maximum absolute atomic E-state index is 12.5. The van der Waals surface area contributed by atoms with Gasteiger partial charge in [0.2, 0.25) is 0 Å². The zero-order valence-corrected chi connectivity index (χ0v) is 11.9. The van der Waals surface area contributed by atoms with Crippen molar-refractivity contribution in [2.24, 2.45) is 0 Å². The second-order valence-electron chi connectivity index (χ2n) is 4.45. The van der Waals surface area contributed by atoms with Gasteiger partial charge in [0.05, 0.1) is 11.1 Å². The highest BCUT2D eigenvalue weighted by Crippen LogP contribution is 2.28. The number of hydrogen-bond acceptors (Lipinski definition) is 3. The predicted molar refractivity (Wildman–Crippen MR) is 76.9 cm³/mol. The molecule has 0 spiro atoms. The van der Waals surface area contributed by atoms with E-state index in [1.807, 2.05) is 19.9 Å². The molecule has 0 atom stereocenters. The topological polar surface area (TPSA) is 62.4 Å². The van der Waals surface area contributed by atoms with E-state index >= 15 is 0 Å². The van der Waals surface area contributed by atoms with Crippen molar-refractivity contribution in [1.29, 1.82) is 0 Å². The Hall–Kier alpha value is -2.30. The quantitative estimate of drug-likeness (QED) is 0.872. The van der Waals surface area contributed by atoms with Crippen molar-refractivity contribution in [3.05, 3.63) is 30.0 Å². The number of carbonyl (C=O) groups excluding carboxylic acids is 2. The molecule has 5 heteroatoms. The van der Waals surface area contributed by atoms with E-state index in [1.165, 1.54) is 6.92 Å². The number of carbonyl (C=O) groups is 2. The Bertz CT molecular complexity index is 642. The monoisotopic (exact) mass is 274 g/mol. The summed E-state index contributed by atoms with van der Waals surface area (Å²) in [5.74, 6) is 0.0323. The van der Waals surface area contributed by atoms with Crippen LogP contribution in [0, 0.1) is 0 Å². The summed E-state index contributed by atoms with van der Waals surface area (Å²) in [6.45, 7) is 6.55. The first-order valence-corrected chi connectivity index (χ1v) is 6.66. The van der Waals surface area contributed by atoms with E-state index in [-0.39, 0.29) is 11.9 Å². The van der Waals surface area contributed by atoms with Crippen LogP contribution >= 0.6 is 0 Å². The number of H-pyrrole nitrogens is 1. The molecule has 0 saturated carbocycles. The van der Waals surface area contributed by atoms with Crippen LogP contribution in [0.25, 0.3) is 10.9 Å². The van der Waals surface area contributed by atoms with Crippen LogP contribution in [0.2, 0.25) is 0 Å². The van der Waals surface area contributed by atoms with Gasteiger partial charge in [-0.05, 0) is 26.0 Å². The second kappa shape index (κ2) is 5.77. The highest BCUT2D eigenvalue weighted by molar-refractivity contribution is 6.07. The number of fused-ring (bicyclic) bond motifs is 1. The third kappa shape index (κ3) is 2.52. The summed E-state index contributed by atoms with van der Waals surface area (Å²) in [5.41, 5.74) is 1.28. The lowest BCUT2D eigenvalue weighted by atomic mass is 10.1. The molecule has 2 aromatic rings. The van der Waals surface area contributed by atoms with Crippen molar-refractivity contribution in [3.8, 4) is 5.75 Å². The Morgan fingerprint density at radius 2 is 1.95 bits per heavy atom. The molecule has 0 aliphatic rings. The molecule has 1 amide bonds. The molecule has 1 aromatic heterocycles. The molecule has 20 heavy (non-hydrogen) atoms. The van der Waals surface area contributed by atoms with Crippen molar-refractivity contribution < 1.29 is 14.3 Å². The molecule has 0 fully saturated rings. The zero-order chi connectivity index (χ0) is 14.7. The fourth-order valence-electron chi connectivity index (χ4n) is 2.23. The van der Waals surface area contributed by atoms with E-state index in [4.69, 9.17) is 4.74 Å². The fourth-order valence-corrected chi connectivity index (χ4v) is 2.23. The van der Waals surface area contributed by atoms with Crippen molar-refractivity contribution in [3.63, 3.8) is 0 Å². The molecule has 0 saturated heterocycles. The van der Waals surface area contributed by atoms with Crippen LogP contribution < -0.4 is 4.74 Å². The Morgan fingerprint density at radius 3 is 2.55 bits per heavy atom. The predicted octanol–water partition coefficient (Wildman–Crippen LogP) is 2.58. The van der Waals surface area contributed by atoms with Crippen LogP contribution in [-0.2, 0) is 4.79 Å². The van der Waals surface area contributed by atoms with Crippen LogP contribution in [0.5, 0.6) is 5.75 Å². The minimum atomic E-state index is -0.383. The smallest absolute Gasteiger partial charge is 0.308 e. The maximum atomic E-state index is 12.5. The number of nitrogens with one attached hydrogen (secondary N) is 1. The Balaban J connectivity index is 2.48. The number of para-hydroxylation sites is 1. The van der Waals surface area contributed by atoms with Gasteiger partial charge in [-0.15, -0.1) is 0 Å². The molecule has 0 aliphatic heterocycles. The summed E-state index contributed by atoms with van der Waals surface area (Å²) in [7, 11) is 0. The highest BCUT2D eigenvalue weighted by atomic mass is 16.5. The first-order chi connectivity index (χ1) is 9.58. The number of esters is 1. The number of ether oxygens (including phenoxy) is 1. The zero-order valence-electron chi connectivity index (χ0n) is 11.9. The van der Waals surface area contributed by atoms with Crippen molar-refractivity contribution in [2.75, 3.05) is 13.1 Å². The summed E-state index contributed by atoms with van der Waals surface area (Å²) >= 11 is 0. The van der Waals surface area contributed by atoms with E-state index in [1.54, 1.807) is 23.2 Å². The first kappa shape index (κ1) is 14.1. The number of benzene rings is 1. The van der Waals surface area contributed by atoms with Gasteiger partial charge in [0.15, 0.2) is 5.75 Å². The van der Waals surface area contributed by atoms with Gasteiger partial charge in [0.1, 0.15) is 0 Å². The number of rotatable bonds is 4. The summed E-state index contributed by atoms with van der Waals surface area (Å²) in [6, 6.07) is 5.39. The first-order valence-electron chi connectivity index (χ1n) is 6.66. The molecule has 5 nitrogen and oxygen atoms in total. The lowest BCUT2D eigenvalue weighted by molar-refractivity contribution is -0.131. The third-order valence-corrected chi connectivity index (χ3v) is 3.21. The molecule has 0 radical (unpaired) electrons. The fraction of sp³-hybridized carbons (Fsp3) is 0.333. The number of hydrogen-bond donors (Lipinski definition) is 1. The average molecular weight is 274 g/mol. The Kier molecular flexibility index (Phi) is 4.08. The van der Waals surface area contributed by atoms with Crippen molar-refractivity contribution in [1.82, 2.24) is 9.88 Å². The van der Waals surface area contributed by atoms with Gasteiger partial charge < -0.3 is 14.6 Å². The molecule has 0 aliphatic carbocycles. The van der Waals surface area contributed by atoms with E-state index in [2.05, 4.69) is 4.98 Å². The molecule has 1 N–H and O–H groups in total. The molecule has 0 unspecified atom stereocenters. The van der Waals surface area contributed by atoms with Gasteiger partial charge >= 0.3 is 5.97 Å². The second-order valence-corrected chi connectivity index (χ2v) is 4.45. The normalized spacial score (nSPS) is 10.6. The Morgan fingerprint density at radius 1 is 1.25 bits per heavy atom. The van der Waals surface area contributed by atoms with Gasteiger partial charge in [-0.3, -0.25) is 9.59 Å².